The highest BCUT2D eigenvalue weighted by atomic mass is 32.2. The molecular weight excluding hydrogens is 303 g/mol. The van der Waals surface area contributed by atoms with Crippen LogP contribution in [0.3, 0.4) is 0 Å². The van der Waals surface area contributed by atoms with E-state index in [1.807, 2.05) is 0 Å². The van der Waals surface area contributed by atoms with Crippen LogP contribution in [0.5, 0.6) is 0 Å². The summed E-state index contributed by atoms with van der Waals surface area (Å²) >= 11 is 1.57. The van der Waals surface area contributed by atoms with Gasteiger partial charge < -0.3 is 10.6 Å². The highest BCUT2D eigenvalue weighted by Crippen LogP contribution is 2.31. The van der Waals surface area contributed by atoms with E-state index >= 15 is 0 Å². The standard InChI is InChI=1S/C16H13FN2O2S/c17-11-3-1-2-4-12(11)19-16(21)10-5-6-14-13(9-10)18-15(20)7-8-22-14/h1-6,9H,7-8H2,(H,18,20)(H,19,21). The van der Waals surface area contributed by atoms with Crippen molar-refractivity contribution < 1.29 is 14.0 Å². The first-order chi connectivity index (χ1) is 10.6. The van der Waals surface area contributed by atoms with Crippen LogP contribution in [0.15, 0.2) is 47.4 Å². The molecule has 1 aliphatic rings. The van der Waals surface area contributed by atoms with E-state index in [4.69, 9.17) is 0 Å². The van der Waals surface area contributed by atoms with Gasteiger partial charge in [0.25, 0.3) is 5.91 Å². The molecule has 1 heterocycles. The van der Waals surface area contributed by atoms with Crippen LogP contribution in [0.25, 0.3) is 0 Å². The second-order valence-corrected chi connectivity index (χ2v) is 5.93. The molecule has 0 atom stereocenters. The number of carbonyl (C=O) groups excluding carboxylic acids is 2. The Hall–Kier alpha value is -2.34. The van der Waals surface area contributed by atoms with Crippen molar-refractivity contribution in [2.75, 3.05) is 16.4 Å². The van der Waals surface area contributed by atoms with Crippen LogP contribution >= 0.6 is 11.8 Å². The molecule has 0 spiro atoms. The van der Waals surface area contributed by atoms with Gasteiger partial charge >= 0.3 is 0 Å². The first-order valence-corrected chi connectivity index (χ1v) is 7.74. The molecule has 4 nitrogen and oxygen atoms in total. The van der Waals surface area contributed by atoms with Gasteiger partial charge in [0.1, 0.15) is 5.82 Å². The van der Waals surface area contributed by atoms with E-state index in [0.29, 0.717) is 23.4 Å². The van der Waals surface area contributed by atoms with Crippen molar-refractivity contribution in [3.63, 3.8) is 0 Å². The minimum atomic E-state index is -0.491. The van der Waals surface area contributed by atoms with Gasteiger partial charge in [0.15, 0.2) is 0 Å². The van der Waals surface area contributed by atoms with Gasteiger partial charge in [-0.25, -0.2) is 4.39 Å². The number of amides is 2. The summed E-state index contributed by atoms with van der Waals surface area (Å²) in [6.07, 6.45) is 0.441. The van der Waals surface area contributed by atoms with Gasteiger partial charge in [-0.1, -0.05) is 12.1 Å². The lowest BCUT2D eigenvalue weighted by molar-refractivity contribution is -0.115. The molecule has 112 valence electrons. The third-order valence-corrected chi connectivity index (χ3v) is 4.30. The topological polar surface area (TPSA) is 58.2 Å². The zero-order chi connectivity index (χ0) is 15.5. The number of carbonyl (C=O) groups is 2. The molecule has 3 rings (SSSR count). The number of nitrogens with one attached hydrogen (secondary N) is 2. The van der Waals surface area contributed by atoms with Gasteiger partial charge in [-0.15, -0.1) is 11.8 Å². The average Bonchev–Trinajstić information content (AvgIpc) is 2.69. The normalized spacial score (nSPS) is 13.8. The molecule has 0 fully saturated rings. The number of thioether (sulfide) groups is 1. The maximum atomic E-state index is 13.6. The van der Waals surface area contributed by atoms with E-state index in [1.165, 1.54) is 12.1 Å². The SMILES string of the molecule is O=C1CCSc2ccc(C(=O)Nc3ccccc3F)cc2N1. The summed E-state index contributed by atoms with van der Waals surface area (Å²) in [4.78, 5) is 24.7. The third kappa shape index (κ3) is 3.12. The Morgan fingerprint density at radius 1 is 1.23 bits per heavy atom. The van der Waals surface area contributed by atoms with Crippen LogP contribution in [0, 0.1) is 5.82 Å². The van der Waals surface area contributed by atoms with E-state index in [9.17, 15) is 14.0 Å². The molecule has 2 aromatic carbocycles. The highest BCUT2D eigenvalue weighted by molar-refractivity contribution is 7.99. The Morgan fingerprint density at radius 3 is 2.86 bits per heavy atom. The van der Waals surface area contributed by atoms with E-state index in [0.717, 1.165) is 4.90 Å². The van der Waals surface area contributed by atoms with E-state index in [2.05, 4.69) is 10.6 Å². The Labute approximate surface area is 131 Å². The van der Waals surface area contributed by atoms with Crippen LogP contribution in [-0.2, 0) is 4.79 Å². The van der Waals surface area contributed by atoms with E-state index < -0.39 is 11.7 Å². The minimum absolute atomic E-state index is 0.0714. The van der Waals surface area contributed by atoms with E-state index in [1.54, 1.807) is 42.1 Å². The van der Waals surface area contributed by atoms with Crippen LogP contribution < -0.4 is 10.6 Å². The first kappa shape index (κ1) is 14.6. The summed E-state index contributed by atoms with van der Waals surface area (Å²) in [6.45, 7) is 0. The summed E-state index contributed by atoms with van der Waals surface area (Å²) in [7, 11) is 0. The van der Waals surface area contributed by atoms with Gasteiger partial charge in [-0.2, -0.15) is 0 Å². The predicted molar refractivity (Wildman–Crippen MR) is 84.8 cm³/mol. The second kappa shape index (κ2) is 6.19. The monoisotopic (exact) mass is 316 g/mol. The fourth-order valence-corrected chi connectivity index (χ4v) is 3.06. The zero-order valence-electron chi connectivity index (χ0n) is 11.6. The molecule has 1 aliphatic heterocycles. The summed E-state index contributed by atoms with van der Waals surface area (Å²) in [5.74, 6) is -0.275. The molecule has 0 saturated heterocycles. The Balaban J connectivity index is 1.84. The minimum Gasteiger partial charge on any atom is -0.325 e. The number of anilines is 2. The summed E-state index contributed by atoms with van der Waals surface area (Å²) in [5, 5.41) is 5.31. The van der Waals surface area contributed by atoms with Crippen molar-refractivity contribution in [2.24, 2.45) is 0 Å². The number of fused-ring (bicyclic) bond motifs is 1. The van der Waals surface area contributed by atoms with Gasteiger partial charge in [-0.05, 0) is 30.3 Å². The fraction of sp³-hybridized carbons (Fsp3) is 0.125. The summed E-state index contributed by atoms with van der Waals surface area (Å²) in [5.41, 5.74) is 1.11. The molecule has 0 unspecified atom stereocenters. The number of hydrogen-bond donors (Lipinski definition) is 2. The predicted octanol–water partition coefficient (Wildman–Crippen LogP) is 3.51. The Kier molecular flexibility index (Phi) is 4.11. The smallest absolute Gasteiger partial charge is 0.255 e. The maximum absolute atomic E-state index is 13.6. The number of benzene rings is 2. The molecule has 2 aromatic rings. The van der Waals surface area contributed by atoms with Crippen molar-refractivity contribution in [3.05, 3.63) is 53.8 Å². The summed E-state index contributed by atoms with van der Waals surface area (Å²) < 4.78 is 13.6. The average molecular weight is 316 g/mol. The fourth-order valence-electron chi connectivity index (χ4n) is 2.12. The van der Waals surface area contributed by atoms with Gasteiger partial charge in [0.05, 0.1) is 11.4 Å². The first-order valence-electron chi connectivity index (χ1n) is 6.76. The zero-order valence-corrected chi connectivity index (χ0v) is 12.4. The molecule has 6 heteroatoms. The molecule has 0 aliphatic carbocycles. The summed E-state index contributed by atoms with van der Waals surface area (Å²) in [6, 6.07) is 11.0. The maximum Gasteiger partial charge on any atom is 0.255 e. The van der Waals surface area contributed by atoms with E-state index in [-0.39, 0.29) is 11.6 Å². The number of para-hydroxylation sites is 1. The second-order valence-electron chi connectivity index (χ2n) is 4.79. The number of halogens is 1. The molecule has 0 saturated carbocycles. The van der Waals surface area contributed by atoms with Crippen molar-refractivity contribution >= 4 is 35.0 Å². The van der Waals surface area contributed by atoms with Crippen LogP contribution in [0.2, 0.25) is 0 Å². The Morgan fingerprint density at radius 2 is 2.05 bits per heavy atom. The lowest BCUT2D eigenvalue weighted by Gasteiger charge is -2.10. The van der Waals surface area contributed by atoms with Crippen molar-refractivity contribution in [3.8, 4) is 0 Å². The lowest BCUT2D eigenvalue weighted by atomic mass is 10.1. The van der Waals surface area contributed by atoms with Crippen molar-refractivity contribution in [2.45, 2.75) is 11.3 Å². The van der Waals surface area contributed by atoms with Crippen LogP contribution in [0.1, 0.15) is 16.8 Å². The molecule has 0 radical (unpaired) electrons. The quantitative estimate of drug-likeness (QED) is 0.891. The molecule has 0 aromatic heterocycles. The molecule has 22 heavy (non-hydrogen) atoms. The largest absolute Gasteiger partial charge is 0.325 e. The Bertz CT molecular complexity index is 749. The molecule has 2 amide bonds. The molecule has 0 bridgehead atoms. The lowest BCUT2D eigenvalue weighted by Crippen LogP contribution is -2.14. The van der Waals surface area contributed by atoms with Crippen molar-refractivity contribution in [1.29, 1.82) is 0 Å². The van der Waals surface area contributed by atoms with Crippen molar-refractivity contribution in [1.82, 2.24) is 0 Å². The third-order valence-electron chi connectivity index (χ3n) is 3.22. The molecule has 2 N–H and O–H groups in total. The van der Waals surface area contributed by atoms with Gasteiger partial charge in [-0.3, -0.25) is 9.59 Å². The highest BCUT2D eigenvalue weighted by Gasteiger charge is 2.16. The van der Waals surface area contributed by atoms with Gasteiger partial charge in [0, 0.05) is 22.6 Å². The number of hydrogen-bond acceptors (Lipinski definition) is 3. The molecular formula is C16H13FN2O2S. The van der Waals surface area contributed by atoms with Crippen LogP contribution in [-0.4, -0.2) is 17.6 Å². The van der Waals surface area contributed by atoms with Gasteiger partial charge in [0.2, 0.25) is 5.91 Å². The van der Waals surface area contributed by atoms with Crippen LogP contribution in [0.4, 0.5) is 15.8 Å². The number of rotatable bonds is 2.